The second kappa shape index (κ2) is 15.1. The van der Waals surface area contributed by atoms with E-state index in [1.54, 1.807) is 6.07 Å². The van der Waals surface area contributed by atoms with Crippen LogP contribution in [0, 0.1) is 5.92 Å². The molecule has 3 aromatic rings. The lowest BCUT2D eigenvalue weighted by atomic mass is 9.94. The molecule has 226 valence electrons. The van der Waals surface area contributed by atoms with Crippen molar-refractivity contribution in [1.29, 1.82) is 0 Å². The summed E-state index contributed by atoms with van der Waals surface area (Å²) in [6.45, 7) is 7.11. The Morgan fingerprint density at radius 3 is 2.48 bits per heavy atom. The molecule has 0 aromatic heterocycles. The highest BCUT2D eigenvalue weighted by atomic mass is 35.5. The molecule has 6 N–H and O–H groups in total. The van der Waals surface area contributed by atoms with Crippen LogP contribution in [0.4, 0.5) is 0 Å². The molecule has 0 aliphatic carbocycles. The molecule has 1 saturated heterocycles. The molecule has 4 rings (SSSR count). The first-order valence-electron chi connectivity index (χ1n) is 14.8. The van der Waals surface area contributed by atoms with Crippen molar-refractivity contribution in [3.63, 3.8) is 0 Å². The van der Waals surface area contributed by atoms with Crippen LogP contribution >= 0.6 is 23.2 Å². The average Bonchev–Trinajstić information content (AvgIpc) is 2.93. The lowest BCUT2D eigenvalue weighted by Gasteiger charge is -2.48. The first-order chi connectivity index (χ1) is 20.1. The number of amides is 1. The fourth-order valence-electron chi connectivity index (χ4n) is 6.05. The number of aliphatic imine (C=N–C) groups is 1. The quantitative estimate of drug-likeness (QED) is 0.147. The fraction of sp³-hybridized carbons (Fsp3) is 0.455. The van der Waals surface area contributed by atoms with Gasteiger partial charge in [0.15, 0.2) is 5.96 Å². The number of hydrogen-bond donors (Lipinski definition) is 3. The second-order valence-electron chi connectivity index (χ2n) is 11.9. The molecule has 0 unspecified atom stereocenters. The number of nitrogens with two attached hydrogens (primary N) is 3. The van der Waals surface area contributed by atoms with Crippen molar-refractivity contribution < 1.29 is 4.79 Å². The fourth-order valence-corrected chi connectivity index (χ4v) is 6.54. The van der Waals surface area contributed by atoms with Gasteiger partial charge in [-0.3, -0.25) is 14.7 Å². The van der Waals surface area contributed by atoms with Crippen LogP contribution in [-0.2, 0) is 17.6 Å². The third-order valence-corrected chi connectivity index (χ3v) is 8.59. The largest absolute Gasteiger partial charge is 0.370 e. The maximum Gasteiger partial charge on any atom is 0.227 e. The predicted octanol–water partition coefficient (Wildman–Crippen LogP) is 5.24. The number of piperazine rings is 1. The second-order valence-corrected chi connectivity index (χ2v) is 12.8. The van der Waals surface area contributed by atoms with E-state index in [1.165, 1.54) is 5.39 Å². The van der Waals surface area contributed by atoms with Gasteiger partial charge in [-0.2, -0.15) is 0 Å². The molecule has 0 spiro atoms. The lowest BCUT2D eigenvalue weighted by molar-refractivity contribution is -0.138. The topological polar surface area (TPSA) is 114 Å². The summed E-state index contributed by atoms with van der Waals surface area (Å²) in [6.07, 6.45) is 3.64. The van der Waals surface area contributed by atoms with Crippen molar-refractivity contribution in [1.82, 2.24) is 9.80 Å². The van der Waals surface area contributed by atoms with E-state index in [0.29, 0.717) is 48.4 Å². The number of benzene rings is 3. The maximum absolute atomic E-state index is 13.9. The molecule has 3 atom stereocenters. The van der Waals surface area contributed by atoms with Gasteiger partial charge < -0.3 is 22.1 Å². The highest BCUT2D eigenvalue weighted by Gasteiger charge is 2.36. The molecule has 9 heteroatoms. The van der Waals surface area contributed by atoms with Crippen LogP contribution in [0.2, 0.25) is 10.0 Å². The number of hydrogen-bond acceptors (Lipinski definition) is 4. The SMILES string of the molecule is CC(C)C[C@@H]1CN(C[C@H](N)Cc2ccc(Cl)cc2Cl)[C@@H](CCCN=C(N)N)CN1C(=O)Cc1ccc2ccccc2c1. The van der Waals surface area contributed by atoms with Gasteiger partial charge in [0.2, 0.25) is 5.91 Å². The van der Waals surface area contributed by atoms with Crippen LogP contribution in [0.5, 0.6) is 0 Å². The molecule has 1 aliphatic rings. The van der Waals surface area contributed by atoms with Crippen molar-refractivity contribution >= 4 is 45.8 Å². The van der Waals surface area contributed by atoms with Gasteiger partial charge in [0.1, 0.15) is 0 Å². The van der Waals surface area contributed by atoms with E-state index >= 15 is 0 Å². The summed E-state index contributed by atoms with van der Waals surface area (Å²) in [5.74, 6) is 0.719. The van der Waals surface area contributed by atoms with Crippen LogP contribution in [0.1, 0.15) is 44.2 Å². The molecule has 3 aromatic carbocycles. The van der Waals surface area contributed by atoms with E-state index in [9.17, 15) is 4.79 Å². The van der Waals surface area contributed by atoms with E-state index in [2.05, 4.69) is 59.0 Å². The molecular weight excluding hydrogens is 567 g/mol. The number of nitrogens with zero attached hydrogens (tertiary/aromatic N) is 3. The van der Waals surface area contributed by atoms with Gasteiger partial charge in [-0.15, -0.1) is 0 Å². The van der Waals surface area contributed by atoms with Gasteiger partial charge in [0, 0.05) is 54.3 Å². The average molecular weight is 612 g/mol. The van der Waals surface area contributed by atoms with Crippen LogP contribution in [0.3, 0.4) is 0 Å². The number of guanidine groups is 1. The normalized spacial score (nSPS) is 18.4. The zero-order valence-electron chi connectivity index (χ0n) is 24.7. The molecule has 0 bridgehead atoms. The summed E-state index contributed by atoms with van der Waals surface area (Å²) >= 11 is 12.6. The van der Waals surface area contributed by atoms with Gasteiger partial charge in [-0.1, -0.05) is 85.6 Å². The van der Waals surface area contributed by atoms with Crippen molar-refractivity contribution in [3.05, 3.63) is 81.8 Å². The van der Waals surface area contributed by atoms with Crippen LogP contribution in [-0.4, -0.2) is 66.0 Å². The lowest BCUT2D eigenvalue weighted by Crippen LogP contribution is -2.62. The summed E-state index contributed by atoms with van der Waals surface area (Å²) in [5, 5.41) is 3.57. The Hall–Kier alpha value is -2.84. The Balaban J connectivity index is 1.52. The van der Waals surface area contributed by atoms with E-state index < -0.39 is 0 Å². The van der Waals surface area contributed by atoms with Gasteiger partial charge in [0.25, 0.3) is 0 Å². The van der Waals surface area contributed by atoms with Gasteiger partial charge in [0.05, 0.1) is 6.42 Å². The minimum atomic E-state index is -0.122. The summed E-state index contributed by atoms with van der Waals surface area (Å²) < 4.78 is 0. The summed E-state index contributed by atoms with van der Waals surface area (Å²) in [4.78, 5) is 22.7. The van der Waals surface area contributed by atoms with E-state index in [1.807, 2.05) is 24.3 Å². The number of carbonyl (C=O) groups excluding carboxylic acids is 1. The first kappa shape index (κ1) is 32.1. The van der Waals surface area contributed by atoms with Gasteiger partial charge >= 0.3 is 0 Å². The molecule has 0 saturated carbocycles. The molecule has 1 fully saturated rings. The minimum absolute atomic E-state index is 0.0987. The smallest absolute Gasteiger partial charge is 0.227 e. The van der Waals surface area contributed by atoms with Crippen molar-refractivity contribution in [2.75, 3.05) is 26.2 Å². The Kier molecular flexibility index (Phi) is 11.5. The summed E-state index contributed by atoms with van der Waals surface area (Å²) in [5.41, 5.74) is 19.9. The number of carbonyl (C=O) groups is 1. The molecular formula is C33H44Cl2N6O. The molecule has 42 heavy (non-hydrogen) atoms. The standard InChI is InChI=1S/C33H44Cl2N6O/c1-22(2)14-30-20-40(19-28(36)17-26-11-12-27(34)18-31(26)35)29(8-5-13-39-33(37)38)21-41(30)32(42)16-23-9-10-24-6-3-4-7-25(24)15-23/h3-4,6-7,9-12,15,18,22,28-30H,5,8,13-14,16-17,19-21,36H2,1-2H3,(H4,37,38,39)/t28-,29+,30-/m1/s1. The zero-order valence-corrected chi connectivity index (χ0v) is 26.2. The molecule has 1 amide bonds. The number of fused-ring (bicyclic) bond motifs is 1. The highest BCUT2D eigenvalue weighted by molar-refractivity contribution is 6.35. The monoisotopic (exact) mass is 610 g/mol. The Labute approximate surface area is 260 Å². The highest BCUT2D eigenvalue weighted by Crippen LogP contribution is 2.27. The molecule has 1 heterocycles. The molecule has 1 aliphatic heterocycles. The van der Waals surface area contributed by atoms with E-state index in [0.717, 1.165) is 42.3 Å². The Morgan fingerprint density at radius 1 is 1.00 bits per heavy atom. The third-order valence-electron chi connectivity index (χ3n) is 8.00. The summed E-state index contributed by atoms with van der Waals surface area (Å²) in [7, 11) is 0. The van der Waals surface area contributed by atoms with Crippen LogP contribution in [0.15, 0.2) is 65.7 Å². The van der Waals surface area contributed by atoms with Gasteiger partial charge in [-0.05, 0) is 65.6 Å². The third kappa shape index (κ3) is 9.08. The van der Waals surface area contributed by atoms with Crippen LogP contribution < -0.4 is 17.2 Å². The Bertz CT molecular complexity index is 1380. The van der Waals surface area contributed by atoms with E-state index in [-0.39, 0.29) is 30.0 Å². The Morgan fingerprint density at radius 2 is 1.76 bits per heavy atom. The van der Waals surface area contributed by atoms with Crippen molar-refractivity contribution in [3.8, 4) is 0 Å². The minimum Gasteiger partial charge on any atom is -0.370 e. The van der Waals surface area contributed by atoms with Crippen LogP contribution in [0.25, 0.3) is 10.8 Å². The predicted molar refractivity (Wildman–Crippen MR) is 176 cm³/mol. The maximum atomic E-state index is 13.9. The number of rotatable bonds is 12. The summed E-state index contributed by atoms with van der Waals surface area (Å²) in [6, 6.07) is 20.2. The zero-order chi connectivity index (χ0) is 30.2. The van der Waals surface area contributed by atoms with Gasteiger partial charge in [-0.25, -0.2) is 0 Å². The van der Waals surface area contributed by atoms with Crippen molar-refractivity contribution in [2.24, 2.45) is 28.1 Å². The molecule has 0 radical (unpaired) electrons. The molecule has 7 nitrogen and oxygen atoms in total. The van der Waals surface area contributed by atoms with Crippen molar-refractivity contribution in [2.45, 2.75) is 64.1 Å². The number of halogens is 2. The first-order valence-corrected chi connectivity index (χ1v) is 15.6. The van der Waals surface area contributed by atoms with E-state index in [4.69, 9.17) is 40.4 Å².